The highest BCUT2D eigenvalue weighted by Gasteiger charge is 2.32. The van der Waals surface area contributed by atoms with E-state index in [2.05, 4.69) is 4.90 Å². The van der Waals surface area contributed by atoms with Crippen LogP contribution in [0.15, 0.2) is 48.5 Å². The zero-order chi connectivity index (χ0) is 20.9. The molecule has 1 fully saturated rings. The molecule has 1 saturated heterocycles. The molecule has 2 aliphatic rings. The molecule has 0 spiro atoms. The minimum atomic E-state index is -0.588. The Morgan fingerprint density at radius 1 is 1.10 bits per heavy atom. The van der Waals surface area contributed by atoms with E-state index < -0.39 is 12.0 Å². The first kappa shape index (κ1) is 20.4. The molecule has 2 N–H and O–H groups in total. The highest BCUT2D eigenvalue weighted by atomic mass is 16.5. The van der Waals surface area contributed by atoms with Gasteiger partial charge in [-0.2, -0.15) is 0 Å². The zero-order valence-corrected chi connectivity index (χ0v) is 16.8. The van der Waals surface area contributed by atoms with Gasteiger partial charge in [0.2, 0.25) is 0 Å². The van der Waals surface area contributed by atoms with Crippen molar-refractivity contribution in [3.8, 4) is 5.75 Å². The van der Waals surface area contributed by atoms with Crippen LogP contribution in [0.3, 0.4) is 0 Å². The average molecular weight is 410 g/mol. The Bertz CT molecular complexity index is 896. The molecule has 158 valence electrons. The number of nitrogens with zero attached hydrogens (tertiary/aromatic N) is 1. The summed E-state index contributed by atoms with van der Waals surface area (Å²) in [6.07, 6.45) is 1.75. The molecule has 0 saturated carbocycles. The molecule has 2 aliphatic heterocycles. The molecule has 7 heteroatoms. The number of rotatable bonds is 6. The van der Waals surface area contributed by atoms with E-state index in [0.29, 0.717) is 50.0 Å². The van der Waals surface area contributed by atoms with Crippen LogP contribution in [0, 0.1) is 5.92 Å². The van der Waals surface area contributed by atoms with E-state index in [1.807, 2.05) is 30.3 Å². The molecular formula is C23H26N2O5. The van der Waals surface area contributed by atoms with Gasteiger partial charge in [0, 0.05) is 31.7 Å². The summed E-state index contributed by atoms with van der Waals surface area (Å²) in [6, 6.07) is 14.9. The number of amides is 1. The van der Waals surface area contributed by atoms with Crippen LogP contribution in [-0.2, 0) is 16.1 Å². The third-order valence-corrected chi connectivity index (χ3v) is 5.72. The Kier molecular flexibility index (Phi) is 6.30. The second-order valence-electron chi connectivity index (χ2n) is 7.82. The van der Waals surface area contributed by atoms with Crippen molar-refractivity contribution in [1.82, 2.24) is 5.48 Å². The van der Waals surface area contributed by atoms with Crippen molar-refractivity contribution < 1.29 is 24.3 Å². The van der Waals surface area contributed by atoms with E-state index in [-0.39, 0.29) is 5.78 Å². The van der Waals surface area contributed by atoms with Crippen LogP contribution in [0.2, 0.25) is 0 Å². The minimum absolute atomic E-state index is 0.0998. The molecule has 4 rings (SSSR count). The Morgan fingerprint density at radius 3 is 2.60 bits per heavy atom. The van der Waals surface area contributed by atoms with Crippen LogP contribution >= 0.6 is 0 Å². The van der Waals surface area contributed by atoms with E-state index in [1.165, 1.54) is 0 Å². The fraction of sp³-hybridized carbons (Fsp3) is 0.391. The Morgan fingerprint density at radius 2 is 1.87 bits per heavy atom. The Labute approximate surface area is 175 Å². The van der Waals surface area contributed by atoms with Crippen LogP contribution in [0.25, 0.3) is 0 Å². The molecule has 30 heavy (non-hydrogen) atoms. The second-order valence-corrected chi connectivity index (χ2v) is 7.82. The van der Waals surface area contributed by atoms with Gasteiger partial charge in [-0.25, -0.2) is 5.48 Å². The summed E-state index contributed by atoms with van der Waals surface area (Å²) >= 11 is 0. The van der Waals surface area contributed by atoms with Crippen molar-refractivity contribution in [2.24, 2.45) is 5.92 Å². The number of hydroxylamine groups is 1. The smallest absolute Gasteiger partial charge is 0.274 e. The topological polar surface area (TPSA) is 88.1 Å². The van der Waals surface area contributed by atoms with Gasteiger partial charge in [0.1, 0.15) is 5.75 Å². The SMILES string of the molecule is O=C(NO)c1ccc2c(c1)N(Cc1ccccc1)CC(C(=O)CC1CCOCC1)O2. The molecule has 1 amide bonds. The van der Waals surface area contributed by atoms with Crippen molar-refractivity contribution in [3.63, 3.8) is 0 Å². The number of anilines is 1. The quantitative estimate of drug-likeness (QED) is 0.562. The van der Waals surface area contributed by atoms with Gasteiger partial charge < -0.3 is 14.4 Å². The van der Waals surface area contributed by atoms with Gasteiger partial charge >= 0.3 is 0 Å². The van der Waals surface area contributed by atoms with Crippen molar-refractivity contribution >= 4 is 17.4 Å². The predicted octanol–water partition coefficient (Wildman–Crippen LogP) is 2.96. The molecule has 2 aromatic carbocycles. The number of benzene rings is 2. The lowest BCUT2D eigenvalue weighted by Crippen LogP contribution is -2.45. The summed E-state index contributed by atoms with van der Waals surface area (Å²) in [4.78, 5) is 26.9. The molecule has 1 unspecified atom stereocenters. The van der Waals surface area contributed by atoms with Crippen molar-refractivity contribution in [3.05, 3.63) is 59.7 Å². The number of carbonyl (C=O) groups excluding carboxylic acids is 2. The van der Waals surface area contributed by atoms with Gasteiger partial charge in [-0.05, 0) is 42.5 Å². The van der Waals surface area contributed by atoms with Gasteiger partial charge in [0.25, 0.3) is 5.91 Å². The first-order chi connectivity index (χ1) is 14.6. The van der Waals surface area contributed by atoms with Gasteiger partial charge in [-0.1, -0.05) is 30.3 Å². The molecule has 0 radical (unpaired) electrons. The molecule has 0 aliphatic carbocycles. The number of hydrogen-bond acceptors (Lipinski definition) is 6. The molecule has 2 aromatic rings. The van der Waals surface area contributed by atoms with Gasteiger partial charge in [-0.15, -0.1) is 0 Å². The highest BCUT2D eigenvalue weighted by Crippen LogP contribution is 2.36. The predicted molar refractivity (Wildman–Crippen MR) is 111 cm³/mol. The van der Waals surface area contributed by atoms with Crippen LogP contribution < -0.4 is 15.1 Å². The zero-order valence-electron chi connectivity index (χ0n) is 16.8. The maximum atomic E-state index is 13.0. The van der Waals surface area contributed by atoms with E-state index in [4.69, 9.17) is 14.7 Å². The average Bonchev–Trinajstić information content (AvgIpc) is 2.79. The monoisotopic (exact) mass is 410 g/mol. The molecule has 0 bridgehead atoms. The minimum Gasteiger partial charge on any atom is -0.479 e. The summed E-state index contributed by atoms with van der Waals surface area (Å²) in [6.45, 7) is 2.42. The lowest BCUT2D eigenvalue weighted by atomic mass is 9.92. The maximum absolute atomic E-state index is 13.0. The molecule has 1 atom stereocenters. The Balaban J connectivity index is 1.57. The number of ether oxygens (including phenoxy) is 2. The third-order valence-electron chi connectivity index (χ3n) is 5.72. The summed E-state index contributed by atoms with van der Waals surface area (Å²) in [7, 11) is 0. The number of nitrogens with one attached hydrogen (secondary N) is 1. The molecule has 0 aromatic heterocycles. The number of Topliss-reactive ketones (excluding diaryl/α,β-unsaturated/α-hetero) is 1. The number of ketones is 1. The van der Waals surface area contributed by atoms with Crippen LogP contribution in [0.5, 0.6) is 5.75 Å². The number of carbonyl (C=O) groups is 2. The first-order valence-corrected chi connectivity index (χ1v) is 10.3. The Hall–Kier alpha value is -2.90. The lowest BCUT2D eigenvalue weighted by Gasteiger charge is -2.36. The normalized spacial score (nSPS) is 19.0. The number of hydrogen-bond donors (Lipinski definition) is 2. The van der Waals surface area contributed by atoms with Gasteiger partial charge in [-0.3, -0.25) is 14.8 Å². The van der Waals surface area contributed by atoms with E-state index in [1.54, 1.807) is 23.7 Å². The fourth-order valence-corrected chi connectivity index (χ4v) is 4.05. The van der Waals surface area contributed by atoms with Crippen molar-refractivity contribution in [2.75, 3.05) is 24.7 Å². The summed E-state index contributed by atoms with van der Waals surface area (Å²) in [5.41, 5.74) is 3.81. The first-order valence-electron chi connectivity index (χ1n) is 10.3. The largest absolute Gasteiger partial charge is 0.479 e. The van der Waals surface area contributed by atoms with E-state index >= 15 is 0 Å². The van der Waals surface area contributed by atoms with E-state index in [9.17, 15) is 9.59 Å². The van der Waals surface area contributed by atoms with Crippen LogP contribution in [0.4, 0.5) is 5.69 Å². The molecule has 2 heterocycles. The lowest BCUT2D eigenvalue weighted by molar-refractivity contribution is -0.127. The number of fused-ring (bicyclic) bond motifs is 1. The molecule has 7 nitrogen and oxygen atoms in total. The maximum Gasteiger partial charge on any atom is 0.274 e. The van der Waals surface area contributed by atoms with Crippen LogP contribution in [0.1, 0.15) is 35.2 Å². The standard InChI is InChI=1S/C23H26N2O5/c26-20(12-16-8-10-29-11-9-16)22-15-25(14-17-4-2-1-3-5-17)19-13-18(23(27)24-28)6-7-21(19)30-22/h1-7,13,16,22,28H,8-12,14-15H2,(H,24,27). The van der Waals surface area contributed by atoms with E-state index in [0.717, 1.165) is 24.1 Å². The fourth-order valence-electron chi connectivity index (χ4n) is 4.05. The second kappa shape index (κ2) is 9.28. The highest BCUT2D eigenvalue weighted by molar-refractivity contribution is 5.95. The third kappa shape index (κ3) is 4.63. The van der Waals surface area contributed by atoms with Crippen LogP contribution in [-0.4, -0.2) is 42.8 Å². The molecular weight excluding hydrogens is 384 g/mol. The van der Waals surface area contributed by atoms with Crippen molar-refractivity contribution in [1.29, 1.82) is 0 Å². The summed E-state index contributed by atoms with van der Waals surface area (Å²) < 4.78 is 11.5. The van der Waals surface area contributed by atoms with Crippen molar-refractivity contribution in [2.45, 2.75) is 31.9 Å². The van der Waals surface area contributed by atoms with Gasteiger partial charge in [0.15, 0.2) is 11.9 Å². The van der Waals surface area contributed by atoms with Gasteiger partial charge in [0.05, 0.1) is 12.2 Å². The summed E-state index contributed by atoms with van der Waals surface area (Å²) in [5, 5.41) is 8.97. The summed E-state index contributed by atoms with van der Waals surface area (Å²) in [5.74, 6) is 0.421.